The maximum atomic E-state index is 11.8. The van der Waals surface area contributed by atoms with Crippen molar-refractivity contribution in [2.24, 2.45) is 0 Å². The number of benzene rings is 1. The quantitative estimate of drug-likeness (QED) is 0.724. The SMILES string of the molecule is Cc1cc(NC(=O)Nc2ccc(O)c(C)c2)ccn1. The van der Waals surface area contributed by atoms with Crippen molar-refractivity contribution in [2.45, 2.75) is 13.8 Å². The van der Waals surface area contributed by atoms with Crippen LogP contribution in [0.2, 0.25) is 0 Å². The van der Waals surface area contributed by atoms with Crippen LogP contribution in [0.25, 0.3) is 0 Å². The van der Waals surface area contributed by atoms with E-state index < -0.39 is 0 Å². The van der Waals surface area contributed by atoms with Gasteiger partial charge in [-0.1, -0.05) is 0 Å². The molecule has 0 radical (unpaired) electrons. The lowest BCUT2D eigenvalue weighted by Crippen LogP contribution is -2.19. The molecule has 0 aliphatic rings. The zero-order valence-corrected chi connectivity index (χ0v) is 10.8. The molecule has 0 saturated heterocycles. The summed E-state index contributed by atoms with van der Waals surface area (Å²) >= 11 is 0. The monoisotopic (exact) mass is 257 g/mol. The van der Waals surface area contributed by atoms with Gasteiger partial charge in [-0.2, -0.15) is 0 Å². The van der Waals surface area contributed by atoms with Crippen molar-refractivity contribution in [1.82, 2.24) is 4.98 Å². The molecular formula is C14H15N3O2. The summed E-state index contributed by atoms with van der Waals surface area (Å²) in [6, 6.07) is 8.04. The van der Waals surface area contributed by atoms with Crippen molar-refractivity contribution in [3.05, 3.63) is 47.8 Å². The van der Waals surface area contributed by atoms with Crippen LogP contribution in [0.5, 0.6) is 5.75 Å². The van der Waals surface area contributed by atoms with E-state index in [2.05, 4.69) is 15.6 Å². The molecular weight excluding hydrogens is 242 g/mol. The normalized spacial score (nSPS) is 10.0. The highest BCUT2D eigenvalue weighted by molar-refractivity contribution is 5.99. The van der Waals surface area contributed by atoms with Crippen LogP contribution in [0.1, 0.15) is 11.3 Å². The summed E-state index contributed by atoms with van der Waals surface area (Å²) in [6.07, 6.45) is 1.63. The summed E-state index contributed by atoms with van der Waals surface area (Å²) in [6.45, 7) is 3.62. The number of aromatic nitrogens is 1. The van der Waals surface area contributed by atoms with E-state index >= 15 is 0 Å². The van der Waals surface area contributed by atoms with Crippen LogP contribution in [0, 0.1) is 13.8 Å². The van der Waals surface area contributed by atoms with E-state index in [1.807, 2.05) is 6.92 Å². The minimum atomic E-state index is -0.337. The molecule has 1 aromatic heterocycles. The molecule has 1 aromatic carbocycles. The van der Waals surface area contributed by atoms with Gasteiger partial charge in [-0.25, -0.2) is 4.79 Å². The molecule has 5 nitrogen and oxygen atoms in total. The first-order valence-corrected chi connectivity index (χ1v) is 5.85. The minimum absolute atomic E-state index is 0.204. The van der Waals surface area contributed by atoms with Gasteiger partial charge in [0.1, 0.15) is 5.75 Å². The van der Waals surface area contributed by atoms with Crippen LogP contribution in [0.3, 0.4) is 0 Å². The molecule has 2 amide bonds. The number of anilines is 2. The highest BCUT2D eigenvalue weighted by atomic mass is 16.3. The van der Waals surface area contributed by atoms with Gasteiger partial charge in [0, 0.05) is 23.3 Å². The molecule has 0 atom stereocenters. The molecule has 0 spiro atoms. The predicted molar refractivity (Wildman–Crippen MR) is 74.5 cm³/mol. The Morgan fingerprint density at radius 2 is 1.79 bits per heavy atom. The van der Waals surface area contributed by atoms with Gasteiger partial charge in [-0.3, -0.25) is 4.98 Å². The van der Waals surface area contributed by atoms with E-state index in [0.717, 1.165) is 5.69 Å². The summed E-state index contributed by atoms with van der Waals surface area (Å²) < 4.78 is 0. The second-order valence-electron chi connectivity index (χ2n) is 4.27. The van der Waals surface area contributed by atoms with Crippen LogP contribution in [-0.4, -0.2) is 16.1 Å². The van der Waals surface area contributed by atoms with Gasteiger partial charge in [0.05, 0.1) is 0 Å². The maximum absolute atomic E-state index is 11.8. The first-order chi connectivity index (χ1) is 9.04. The van der Waals surface area contributed by atoms with Crippen molar-refractivity contribution in [2.75, 3.05) is 10.6 Å². The first-order valence-electron chi connectivity index (χ1n) is 5.85. The van der Waals surface area contributed by atoms with Crippen molar-refractivity contribution >= 4 is 17.4 Å². The maximum Gasteiger partial charge on any atom is 0.323 e. The number of phenolic OH excluding ortho intramolecular Hbond substituents is 1. The Kier molecular flexibility index (Phi) is 3.66. The molecule has 0 saturated carbocycles. The second-order valence-corrected chi connectivity index (χ2v) is 4.27. The molecule has 98 valence electrons. The summed E-state index contributed by atoms with van der Waals surface area (Å²) in [5, 5.41) is 14.8. The number of carbonyl (C=O) groups excluding carboxylic acids is 1. The lowest BCUT2D eigenvalue weighted by molar-refractivity contribution is 0.262. The average molecular weight is 257 g/mol. The van der Waals surface area contributed by atoms with Gasteiger partial charge in [-0.15, -0.1) is 0 Å². The predicted octanol–water partition coefficient (Wildman–Crippen LogP) is 3.05. The third-order valence-corrected chi connectivity index (χ3v) is 2.61. The lowest BCUT2D eigenvalue weighted by atomic mass is 10.2. The Hall–Kier alpha value is -2.56. The van der Waals surface area contributed by atoms with E-state index in [4.69, 9.17) is 0 Å². The number of nitrogens with one attached hydrogen (secondary N) is 2. The van der Waals surface area contributed by atoms with Crippen LogP contribution in [0.15, 0.2) is 36.5 Å². The van der Waals surface area contributed by atoms with E-state index in [1.165, 1.54) is 0 Å². The van der Waals surface area contributed by atoms with E-state index in [1.54, 1.807) is 43.5 Å². The molecule has 3 N–H and O–H groups in total. The molecule has 1 heterocycles. The highest BCUT2D eigenvalue weighted by Gasteiger charge is 2.04. The van der Waals surface area contributed by atoms with Crippen molar-refractivity contribution in [3.8, 4) is 5.75 Å². The third kappa shape index (κ3) is 3.45. The molecule has 0 bridgehead atoms. The Bertz CT molecular complexity index is 611. The molecule has 0 aliphatic carbocycles. The van der Waals surface area contributed by atoms with Crippen molar-refractivity contribution in [3.63, 3.8) is 0 Å². The van der Waals surface area contributed by atoms with E-state index in [9.17, 15) is 9.90 Å². The number of nitrogens with zero attached hydrogens (tertiary/aromatic N) is 1. The zero-order chi connectivity index (χ0) is 13.8. The molecule has 19 heavy (non-hydrogen) atoms. The number of hydrogen-bond donors (Lipinski definition) is 3. The summed E-state index contributed by atoms with van der Waals surface area (Å²) in [5.74, 6) is 0.204. The fourth-order valence-corrected chi connectivity index (χ4v) is 1.65. The first kappa shape index (κ1) is 12.9. The van der Waals surface area contributed by atoms with Gasteiger partial charge in [-0.05, 0) is 49.7 Å². The summed E-state index contributed by atoms with van der Waals surface area (Å²) in [4.78, 5) is 15.8. The van der Waals surface area contributed by atoms with Crippen LogP contribution in [-0.2, 0) is 0 Å². The molecule has 2 rings (SSSR count). The molecule has 2 aromatic rings. The van der Waals surface area contributed by atoms with E-state index in [-0.39, 0.29) is 11.8 Å². The van der Waals surface area contributed by atoms with Crippen LogP contribution >= 0.6 is 0 Å². The number of aryl methyl sites for hydroxylation is 2. The standard InChI is InChI=1S/C14H15N3O2/c1-9-7-11(3-4-13(9)18)16-14(19)17-12-5-6-15-10(2)8-12/h3-8,18H,1-2H3,(H2,15,16,17,19). The van der Waals surface area contributed by atoms with Gasteiger partial charge >= 0.3 is 6.03 Å². The van der Waals surface area contributed by atoms with Gasteiger partial charge in [0.2, 0.25) is 0 Å². The number of aromatic hydroxyl groups is 1. The Morgan fingerprint density at radius 1 is 1.11 bits per heavy atom. The van der Waals surface area contributed by atoms with Crippen LogP contribution < -0.4 is 10.6 Å². The fourth-order valence-electron chi connectivity index (χ4n) is 1.65. The van der Waals surface area contributed by atoms with Gasteiger partial charge < -0.3 is 15.7 Å². The van der Waals surface area contributed by atoms with Crippen molar-refractivity contribution in [1.29, 1.82) is 0 Å². The summed E-state index contributed by atoms with van der Waals surface area (Å²) in [7, 11) is 0. The van der Waals surface area contributed by atoms with Crippen molar-refractivity contribution < 1.29 is 9.90 Å². The number of pyridine rings is 1. The number of amides is 2. The fraction of sp³-hybridized carbons (Fsp3) is 0.143. The van der Waals surface area contributed by atoms with Gasteiger partial charge in [0.15, 0.2) is 0 Å². The Labute approximate surface area is 111 Å². The Balaban J connectivity index is 2.03. The summed E-state index contributed by atoms with van der Waals surface area (Å²) in [5.41, 5.74) is 2.84. The number of phenols is 1. The number of urea groups is 1. The van der Waals surface area contributed by atoms with Crippen LogP contribution in [0.4, 0.5) is 16.2 Å². The third-order valence-electron chi connectivity index (χ3n) is 2.61. The smallest absolute Gasteiger partial charge is 0.323 e. The highest BCUT2D eigenvalue weighted by Crippen LogP contribution is 2.20. The largest absolute Gasteiger partial charge is 0.508 e. The Morgan fingerprint density at radius 3 is 2.42 bits per heavy atom. The van der Waals surface area contributed by atoms with Gasteiger partial charge in [0.25, 0.3) is 0 Å². The second kappa shape index (κ2) is 5.39. The molecule has 5 heteroatoms. The number of carbonyl (C=O) groups is 1. The zero-order valence-electron chi connectivity index (χ0n) is 10.8. The topological polar surface area (TPSA) is 74.2 Å². The number of rotatable bonds is 2. The van der Waals surface area contributed by atoms with E-state index in [0.29, 0.717) is 16.9 Å². The average Bonchev–Trinajstić information content (AvgIpc) is 2.34. The minimum Gasteiger partial charge on any atom is -0.508 e. The molecule has 0 aliphatic heterocycles. The molecule has 0 unspecified atom stereocenters. The number of hydrogen-bond acceptors (Lipinski definition) is 3. The lowest BCUT2D eigenvalue weighted by Gasteiger charge is -2.09. The molecule has 0 fully saturated rings.